The van der Waals surface area contributed by atoms with Crippen molar-refractivity contribution in [2.75, 3.05) is 0 Å². The van der Waals surface area contributed by atoms with Gasteiger partial charge in [-0.15, -0.1) is 0 Å². The molecule has 0 saturated heterocycles. The van der Waals surface area contributed by atoms with Crippen LogP contribution in [0.4, 0.5) is 0 Å². The van der Waals surface area contributed by atoms with Gasteiger partial charge in [0.05, 0.1) is 27.3 Å². The fraction of sp³-hybridized carbons (Fsp3) is 0.250. The summed E-state index contributed by atoms with van der Waals surface area (Å²) in [5.74, 6) is 0.825. The Balaban J connectivity index is 1.62. The predicted molar refractivity (Wildman–Crippen MR) is 160 cm³/mol. The molecule has 4 aromatic carbocycles. The second kappa shape index (κ2) is 8.04. The third-order valence-electron chi connectivity index (χ3n) is 9.43. The standard InChI is InChI=1S/C36H33N2/c1-22-18-29-34-28(26-12-5-4-6-13-26)14-9-15-30(34)38-31-21-25(19-24-10-7-8-11-24)20-27-16-17-37(3)36(33(27)31)32(23(22)2)35(29)38/h4-6,9,12-18,20-21,24H,7-8,10-11,19H2,1-3H3/q+1. The van der Waals surface area contributed by atoms with E-state index in [1.807, 2.05) is 0 Å². The van der Waals surface area contributed by atoms with Crippen LogP contribution < -0.4 is 4.57 Å². The Hall–Kier alpha value is -3.91. The average Bonchev–Trinajstić information content (AvgIpc) is 3.56. The Bertz CT molecular complexity index is 2020. The third kappa shape index (κ3) is 2.98. The Morgan fingerprint density at radius 1 is 0.816 bits per heavy atom. The van der Waals surface area contributed by atoms with Crippen molar-refractivity contribution in [3.8, 4) is 11.1 Å². The molecule has 1 saturated carbocycles. The largest absolute Gasteiger partial charge is 0.307 e. The molecule has 3 heterocycles. The molecule has 186 valence electrons. The maximum absolute atomic E-state index is 2.60. The van der Waals surface area contributed by atoms with Gasteiger partial charge >= 0.3 is 0 Å². The van der Waals surface area contributed by atoms with Crippen molar-refractivity contribution in [1.29, 1.82) is 0 Å². The van der Waals surface area contributed by atoms with E-state index in [4.69, 9.17) is 0 Å². The van der Waals surface area contributed by atoms with Gasteiger partial charge in [0.2, 0.25) is 5.52 Å². The second-order valence-electron chi connectivity index (χ2n) is 11.7. The molecule has 0 radical (unpaired) electrons. The van der Waals surface area contributed by atoms with Gasteiger partial charge in [-0.25, -0.2) is 4.57 Å². The summed E-state index contributed by atoms with van der Waals surface area (Å²) in [6, 6.07) is 27.5. The molecule has 0 atom stereocenters. The smallest absolute Gasteiger partial charge is 0.224 e. The molecule has 7 aromatic rings. The molecular weight excluding hydrogens is 460 g/mol. The van der Waals surface area contributed by atoms with Gasteiger partial charge in [-0.2, -0.15) is 0 Å². The van der Waals surface area contributed by atoms with Gasteiger partial charge in [-0.3, -0.25) is 0 Å². The normalized spacial score (nSPS) is 14.8. The van der Waals surface area contributed by atoms with Crippen LogP contribution in [0.25, 0.3) is 60.1 Å². The fourth-order valence-corrected chi connectivity index (χ4v) is 7.54. The highest BCUT2D eigenvalue weighted by molar-refractivity contribution is 6.28. The molecule has 0 bridgehead atoms. The van der Waals surface area contributed by atoms with E-state index in [-0.39, 0.29) is 0 Å². The molecule has 8 rings (SSSR count). The number of hydrogen-bond donors (Lipinski definition) is 0. The van der Waals surface area contributed by atoms with Gasteiger partial charge in [-0.05, 0) is 77.6 Å². The lowest BCUT2D eigenvalue weighted by Gasteiger charge is -2.16. The lowest BCUT2D eigenvalue weighted by molar-refractivity contribution is -0.643. The first kappa shape index (κ1) is 22.1. The summed E-state index contributed by atoms with van der Waals surface area (Å²) in [7, 11) is 2.21. The number of aromatic nitrogens is 2. The van der Waals surface area contributed by atoms with Crippen LogP contribution in [0.1, 0.15) is 42.4 Å². The van der Waals surface area contributed by atoms with Crippen LogP contribution in [-0.2, 0) is 13.5 Å². The zero-order chi connectivity index (χ0) is 25.5. The first-order chi connectivity index (χ1) is 18.6. The highest BCUT2D eigenvalue weighted by atomic mass is 15.0. The van der Waals surface area contributed by atoms with Gasteiger partial charge < -0.3 is 4.40 Å². The van der Waals surface area contributed by atoms with E-state index < -0.39 is 0 Å². The molecule has 1 fully saturated rings. The fourth-order valence-electron chi connectivity index (χ4n) is 7.54. The van der Waals surface area contributed by atoms with E-state index in [9.17, 15) is 0 Å². The van der Waals surface area contributed by atoms with Crippen molar-refractivity contribution in [2.45, 2.75) is 46.0 Å². The molecule has 0 aliphatic heterocycles. The molecule has 2 nitrogen and oxygen atoms in total. The average molecular weight is 494 g/mol. The number of benzene rings is 4. The van der Waals surface area contributed by atoms with Crippen LogP contribution in [0.3, 0.4) is 0 Å². The van der Waals surface area contributed by atoms with E-state index in [1.165, 1.54) is 109 Å². The minimum Gasteiger partial charge on any atom is -0.307 e. The molecule has 38 heavy (non-hydrogen) atoms. The predicted octanol–water partition coefficient (Wildman–Crippen LogP) is 8.83. The maximum Gasteiger partial charge on any atom is 0.224 e. The van der Waals surface area contributed by atoms with Crippen LogP contribution in [0, 0.1) is 19.8 Å². The summed E-state index contributed by atoms with van der Waals surface area (Å²) >= 11 is 0. The number of fused-ring (bicyclic) bond motifs is 5. The van der Waals surface area contributed by atoms with Crippen LogP contribution in [0.5, 0.6) is 0 Å². The molecule has 3 aromatic heterocycles. The number of nitrogens with zero attached hydrogens (tertiary/aromatic N) is 2. The molecule has 2 heteroatoms. The number of hydrogen-bond acceptors (Lipinski definition) is 0. The first-order valence-electron chi connectivity index (χ1n) is 14.2. The lowest BCUT2D eigenvalue weighted by Crippen LogP contribution is -2.29. The van der Waals surface area contributed by atoms with Crippen molar-refractivity contribution in [1.82, 2.24) is 4.40 Å². The lowest BCUT2D eigenvalue weighted by atomic mass is 9.92. The molecule has 0 spiro atoms. The van der Waals surface area contributed by atoms with E-state index >= 15 is 0 Å². The zero-order valence-corrected chi connectivity index (χ0v) is 22.5. The summed E-state index contributed by atoms with van der Waals surface area (Å²) in [5.41, 5.74) is 12.2. The minimum absolute atomic E-state index is 0.825. The minimum atomic E-state index is 0.825. The number of rotatable bonds is 3. The highest BCUT2D eigenvalue weighted by Gasteiger charge is 2.26. The Labute approximate surface area is 223 Å². The van der Waals surface area contributed by atoms with Gasteiger partial charge in [0.25, 0.3) is 0 Å². The third-order valence-corrected chi connectivity index (χ3v) is 9.43. The van der Waals surface area contributed by atoms with Gasteiger partial charge in [0.15, 0.2) is 6.20 Å². The van der Waals surface area contributed by atoms with E-state index in [0.29, 0.717) is 0 Å². The van der Waals surface area contributed by atoms with Crippen LogP contribution >= 0.6 is 0 Å². The van der Waals surface area contributed by atoms with E-state index in [2.05, 4.69) is 109 Å². The molecule has 0 N–H and O–H groups in total. The first-order valence-corrected chi connectivity index (χ1v) is 14.2. The Morgan fingerprint density at radius 2 is 1.63 bits per heavy atom. The number of pyridine rings is 2. The quantitative estimate of drug-likeness (QED) is 0.132. The van der Waals surface area contributed by atoms with Crippen molar-refractivity contribution < 1.29 is 4.57 Å². The van der Waals surface area contributed by atoms with Crippen molar-refractivity contribution >= 4 is 49.0 Å². The monoisotopic (exact) mass is 493 g/mol. The molecular formula is C36H33N2+. The van der Waals surface area contributed by atoms with Crippen LogP contribution in [0.15, 0.2) is 79.0 Å². The van der Waals surface area contributed by atoms with Crippen molar-refractivity contribution in [2.24, 2.45) is 13.0 Å². The summed E-state index contributed by atoms with van der Waals surface area (Å²) < 4.78 is 4.95. The SMILES string of the molecule is Cc1cc2c3c(-c4ccccc4)cccc3n3c4cc(CC5CCCC5)cc5cc[n+](C)c(c(c1C)c23)c54. The van der Waals surface area contributed by atoms with Gasteiger partial charge in [-0.1, -0.05) is 74.2 Å². The zero-order valence-electron chi connectivity index (χ0n) is 22.5. The molecule has 0 unspecified atom stereocenters. The Morgan fingerprint density at radius 3 is 2.45 bits per heavy atom. The van der Waals surface area contributed by atoms with Crippen LogP contribution in [-0.4, -0.2) is 4.40 Å². The van der Waals surface area contributed by atoms with Gasteiger partial charge in [0, 0.05) is 16.8 Å². The van der Waals surface area contributed by atoms with E-state index in [1.54, 1.807) is 0 Å². The summed E-state index contributed by atoms with van der Waals surface area (Å²) in [6.45, 7) is 4.59. The summed E-state index contributed by atoms with van der Waals surface area (Å²) in [5, 5.41) is 6.86. The van der Waals surface area contributed by atoms with Crippen molar-refractivity contribution in [3.05, 3.63) is 95.7 Å². The van der Waals surface area contributed by atoms with Crippen molar-refractivity contribution in [3.63, 3.8) is 0 Å². The van der Waals surface area contributed by atoms with Gasteiger partial charge in [0.1, 0.15) is 7.05 Å². The number of aryl methyl sites for hydroxylation is 3. The molecule has 1 aliphatic carbocycles. The molecule has 0 amide bonds. The second-order valence-corrected chi connectivity index (χ2v) is 11.7. The Kier molecular flexibility index (Phi) is 4.68. The summed E-state index contributed by atoms with van der Waals surface area (Å²) in [6.07, 6.45) is 8.99. The topological polar surface area (TPSA) is 8.29 Å². The van der Waals surface area contributed by atoms with E-state index in [0.717, 1.165) is 5.92 Å². The van der Waals surface area contributed by atoms with Crippen LogP contribution in [0.2, 0.25) is 0 Å². The maximum atomic E-state index is 2.60. The summed E-state index contributed by atoms with van der Waals surface area (Å²) in [4.78, 5) is 0. The molecule has 1 aliphatic rings. The highest BCUT2D eigenvalue weighted by Crippen LogP contribution is 2.44.